The second kappa shape index (κ2) is 6.45. The first kappa shape index (κ1) is 16.0. The Labute approximate surface area is 146 Å². The van der Waals surface area contributed by atoms with Gasteiger partial charge in [-0.05, 0) is 41.2 Å². The molecule has 0 aromatic heterocycles. The summed E-state index contributed by atoms with van der Waals surface area (Å²) in [7, 11) is 0. The van der Waals surface area contributed by atoms with Crippen LogP contribution in [-0.2, 0) is 11.2 Å². The Kier molecular flexibility index (Phi) is 4.14. The number of hydrogen-bond donors (Lipinski definition) is 2. The van der Waals surface area contributed by atoms with Gasteiger partial charge in [0.1, 0.15) is 11.6 Å². The van der Waals surface area contributed by atoms with Crippen LogP contribution in [0.15, 0.2) is 59.9 Å². The van der Waals surface area contributed by atoms with Gasteiger partial charge in [0.25, 0.3) is 0 Å². The molecule has 1 aliphatic heterocycles. The lowest BCUT2D eigenvalue weighted by molar-refractivity contribution is -0.117. The topological polar surface area (TPSA) is 49.3 Å². The first-order valence-electron chi connectivity index (χ1n) is 8.65. The zero-order valence-electron chi connectivity index (χ0n) is 13.8. The van der Waals surface area contributed by atoms with Crippen LogP contribution in [0.4, 0.5) is 4.39 Å². The number of halogens is 1. The molecule has 2 N–H and O–H groups in total. The SMILES string of the molecule is O=C1C[C@@H](c2ccc(F)cc2)CC(O)=C1[C@H]1NCCc2ccccc21. The van der Waals surface area contributed by atoms with Crippen LogP contribution in [0.25, 0.3) is 0 Å². The molecule has 0 saturated carbocycles. The fraction of sp³-hybridized carbons (Fsp3) is 0.286. The van der Waals surface area contributed by atoms with Crippen LogP contribution in [0.2, 0.25) is 0 Å². The van der Waals surface area contributed by atoms with Crippen molar-refractivity contribution in [1.29, 1.82) is 0 Å². The molecule has 2 atom stereocenters. The Balaban J connectivity index is 1.66. The van der Waals surface area contributed by atoms with Gasteiger partial charge in [0.15, 0.2) is 5.78 Å². The Morgan fingerprint density at radius 1 is 1.04 bits per heavy atom. The zero-order valence-corrected chi connectivity index (χ0v) is 13.8. The summed E-state index contributed by atoms with van der Waals surface area (Å²) < 4.78 is 13.1. The Hall–Kier alpha value is -2.46. The average molecular weight is 337 g/mol. The molecule has 0 unspecified atom stereocenters. The van der Waals surface area contributed by atoms with E-state index in [0.29, 0.717) is 18.4 Å². The molecule has 4 heteroatoms. The van der Waals surface area contributed by atoms with E-state index in [1.165, 1.54) is 17.7 Å². The minimum absolute atomic E-state index is 0.0349. The first-order valence-corrected chi connectivity index (χ1v) is 8.65. The fourth-order valence-electron chi connectivity index (χ4n) is 3.97. The number of benzene rings is 2. The molecular weight excluding hydrogens is 317 g/mol. The fourth-order valence-corrected chi connectivity index (χ4v) is 3.97. The van der Waals surface area contributed by atoms with Gasteiger partial charge in [-0.3, -0.25) is 4.79 Å². The molecule has 0 amide bonds. The van der Waals surface area contributed by atoms with Gasteiger partial charge < -0.3 is 10.4 Å². The van der Waals surface area contributed by atoms with E-state index in [2.05, 4.69) is 11.4 Å². The van der Waals surface area contributed by atoms with Gasteiger partial charge >= 0.3 is 0 Å². The van der Waals surface area contributed by atoms with Crippen molar-refractivity contribution in [3.05, 3.63) is 82.4 Å². The van der Waals surface area contributed by atoms with E-state index >= 15 is 0 Å². The van der Waals surface area contributed by atoms with Crippen LogP contribution in [0.5, 0.6) is 0 Å². The number of aliphatic hydroxyl groups is 1. The summed E-state index contributed by atoms with van der Waals surface area (Å²) in [6.07, 6.45) is 1.67. The molecule has 1 heterocycles. The Morgan fingerprint density at radius 2 is 1.80 bits per heavy atom. The number of rotatable bonds is 2. The maximum Gasteiger partial charge on any atom is 0.164 e. The van der Waals surface area contributed by atoms with E-state index in [-0.39, 0.29) is 29.3 Å². The second-order valence-electron chi connectivity index (χ2n) is 6.78. The highest BCUT2D eigenvalue weighted by atomic mass is 19.1. The number of carbonyl (C=O) groups excluding carboxylic acids is 1. The van der Waals surface area contributed by atoms with Crippen LogP contribution in [0, 0.1) is 5.82 Å². The molecule has 0 saturated heterocycles. The first-order chi connectivity index (χ1) is 12.1. The quantitative estimate of drug-likeness (QED) is 0.872. The van der Waals surface area contributed by atoms with Gasteiger partial charge in [-0.25, -0.2) is 4.39 Å². The summed E-state index contributed by atoms with van der Waals surface area (Å²) in [4.78, 5) is 12.8. The number of hydrogen-bond acceptors (Lipinski definition) is 3. The van der Waals surface area contributed by atoms with Crippen molar-refractivity contribution in [2.75, 3.05) is 6.54 Å². The molecule has 4 rings (SSSR count). The van der Waals surface area contributed by atoms with Gasteiger partial charge in [0, 0.05) is 19.4 Å². The van der Waals surface area contributed by atoms with Crippen molar-refractivity contribution in [3.8, 4) is 0 Å². The van der Waals surface area contributed by atoms with Crippen molar-refractivity contribution >= 4 is 5.78 Å². The van der Waals surface area contributed by atoms with Gasteiger partial charge in [-0.1, -0.05) is 36.4 Å². The van der Waals surface area contributed by atoms with Crippen LogP contribution < -0.4 is 5.32 Å². The Bertz CT molecular complexity index is 841. The lowest BCUT2D eigenvalue weighted by Crippen LogP contribution is -2.35. The van der Waals surface area contributed by atoms with Gasteiger partial charge in [0.2, 0.25) is 0 Å². The highest BCUT2D eigenvalue weighted by Crippen LogP contribution is 2.39. The van der Waals surface area contributed by atoms with Crippen molar-refractivity contribution in [1.82, 2.24) is 5.32 Å². The van der Waals surface area contributed by atoms with Crippen molar-refractivity contribution in [3.63, 3.8) is 0 Å². The number of nitrogens with one attached hydrogen (secondary N) is 1. The maximum absolute atomic E-state index is 13.1. The molecule has 0 radical (unpaired) electrons. The van der Waals surface area contributed by atoms with E-state index in [0.717, 1.165) is 24.1 Å². The Morgan fingerprint density at radius 3 is 2.56 bits per heavy atom. The van der Waals surface area contributed by atoms with Gasteiger partial charge in [-0.2, -0.15) is 0 Å². The molecule has 25 heavy (non-hydrogen) atoms. The van der Waals surface area contributed by atoms with E-state index in [4.69, 9.17) is 0 Å². The van der Waals surface area contributed by atoms with Gasteiger partial charge in [-0.15, -0.1) is 0 Å². The van der Waals surface area contributed by atoms with Crippen LogP contribution >= 0.6 is 0 Å². The predicted molar refractivity (Wildman–Crippen MR) is 93.9 cm³/mol. The highest BCUT2D eigenvalue weighted by molar-refractivity contribution is 5.98. The minimum atomic E-state index is -0.297. The summed E-state index contributed by atoms with van der Waals surface area (Å²) in [6.45, 7) is 0.785. The molecule has 2 aliphatic rings. The van der Waals surface area contributed by atoms with E-state index in [1.54, 1.807) is 12.1 Å². The monoisotopic (exact) mass is 337 g/mol. The number of aliphatic hydroxyl groups excluding tert-OH is 1. The average Bonchev–Trinajstić information content (AvgIpc) is 2.62. The van der Waals surface area contributed by atoms with Crippen LogP contribution in [0.3, 0.4) is 0 Å². The summed E-state index contributed by atoms with van der Waals surface area (Å²) in [5, 5.41) is 14.0. The summed E-state index contributed by atoms with van der Waals surface area (Å²) in [6, 6.07) is 14.0. The standard InChI is InChI=1S/C21H20FNO2/c22-16-7-5-13(6-8-16)15-11-18(24)20(19(25)12-15)21-17-4-2-1-3-14(17)9-10-23-21/h1-8,15,21,23-24H,9-12H2/t15-,21-/m0/s1. The summed E-state index contributed by atoms with van der Waals surface area (Å²) in [5.41, 5.74) is 3.67. The van der Waals surface area contributed by atoms with Gasteiger partial charge in [0.05, 0.1) is 11.6 Å². The smallest absolute Gasteiger partial charge is 0.164 e. The molecule has 128 valence electrons. The number of Topliss-reactive ketones (excluding diaryl/α,β-unsaturated/α-hetero) is 1. The molecule has 3 nitrogen and oxygen atoms in total. The number of carbonyl (C=O) groups is 1. The lowest BCUT2D eigenvalue weighted by Gasteiger charge is -2.32. The predicted octanol–water partition coefficient (Wildman–Crippen LogP) is 3.97. The van der Waals surface area contributed by atoms with Crippen LogP contribution in [-0.4, -0.2) is 17.4 Å². The third kappa shape index (κ3) is 2.98. The largest absolute Gasteiger partial charge is 0.512 e. The number of fused-ring (bicyclic) bond motifs is 1. The van der Waals surface area contributed by atoms with Crippen molar-refractivity contribution < 1.29 is 14.3 Å². The summed E-state index contributed by atoms with van der Waals surface area (Å²) >= 11 is 0. The third-order valence-corrected chi connectivity index (χ3v) is 5.22. The molecule has 0 bridgehead atoms. The minimum Gasteiger partial charge on any atom is -0.512 e. The number of ketones is 1. The molecular formula is C21H20FNO2. The van der Waals surface area contributed by atoms with E-state index in [9.17, 15) is 14.3 Å². The third-order valence-electron chi connectivity index (χ3n) is 5.22. The molecule has 2 aromatic rings. The van der Waals surface area contributed by atoms with Crippen molar-refractivity contribution in [2.45, 2.75) is 31.2 Å². The van der Waals surface area contributed by atoms with Crippen molar-refractivity contribution in [2.24, 2.45) is 0 Å². The lowest BCUT2D eigenvalue weighted by atomic mass is 9.78. The number of allylic oxidation sites excluding steroid dienone is 1. The maximum atomic E-state index is 13.1. The highest BCUT2D eigenvalue weighted by Gasteiger charge is 2.35. The van der Waals surface area contributed by atoms with E-state index in [1.807, 2.05) is 18.2 Å². The molecule has 2 aromatic carbocycles. The molecule has 0 fully saturated rings. The van der Waals surface area contributed by atoms with Crippen LogP contribution in [0.1, 0.15) is 41.5 Å². The molecule has 1 aliphatic carbocycles. The normalized spacial score (nSPS) is 23.5. The second-order valence-corrected chi connectivity index (χ2v) is 6.78. The summed E-state index contributed by atoms with van der Waals surface area (Å²) in [5.74, 6) is -0.280. The zero-order chi connectivity index (χ0) is 17.4. The van der Waals surface area contributed by atoms with E-state index < -0.39 is 0 Å². The molecule has 0 spiro atoms.